The van der Waals surface area contributed by atoms with Crippen molar-refractivity contribution in [3.05, 3.63) is 12.4 Å². The van der Waals surface area contributed by atoms with Crippen molar-refractivity contribution >= 4 is 11.6 Å². The summed E-state index contributed by atoms with van der Waals surface area (Å²) in [6.45, 7) is 11.9. The van der Waals surface area contributed by atoms with Crippen LogP contribution in [0.15, 0.2) is 12.4 Å². The quantitative estimate of drug-likeness (QED) is 0.667. The van der Waals surface area contributed by atoms with Gasteiger partial charge in [0.05, 0.1) is 0 Å². The molecule has 0 atom stereocenters. The Morgan fingerprint density at radius 3 is 2.42 bits per heavy atom. The lowest BCUT2D eigenvalue weighted by molar-refractivity contribution is 0.148. The molecule has 1 aromatic rings. The molecule has 0 aliphatic carbocycles. The van der Waals surface area contributed by atoms with E-state index in [4.69, 9.17) is 5.26 Å². The maximum absolute atomic E-state index is 8.84. The van der Waals surface area contributed by atoms with Gasteiger partial charge in [-0.15, -0.1) is 0 Å². The van der Waals surface area contributed by atoms with Crippen molar-refractivity contribution in [3.8, 4) is 6.19 Å². The molecule has 0 spiro atoms. The Morgan fingerprint density at radius 1 is 1.26 bits per heavy atom. The van der Waals surface area contributed by atoms with Gasteiger partial charge < -0.3 is 5.32 Å². The first-order chi connectivity index (χ1) is 8.67. The van der Waals surface area contributed by atoms with Crippen LogP contribution in [0.4, 0.5) is 11.6 Å². The number of hydrogen-bond acceptors (Lipinski definition) is 5. The Labute approximate surface area is 115 Å². The maximum atomic E-state index is 8.84. The van der Waals surface area contributed by atoms with E-state index in [1.807, 2.05) is 6.19 Å². The van der Waals surface area contributed by atoms with Crippen LogP contribution in [0.5, 0.6) is 0 Å². The minimum absolute atomic E-state index is 0.124. The van der Waals surface area contributed by atoms with Gasteiger partial charge >= 0.3 is 0 Å². The third-order valence-electron chi connectivity index (χ3n) is 3.89. The molecule has 0 aromatic carbocycles. The van der Waals surface area contributed by atoms with Gasteiger partial charge in [0.15, 0.2) is 6.19 Å². The minimum Gasteiger partial charge on any atom is -0.369 e. The van der Waals surface area contributed by atoms with Crippen molar-refractivity contribution in [2.75, 3.05) is 23.8 Å². The van der Waals surface area contributed by atoms with Gasteiger partial charge in [-0.1, -0.05) is 34.6 Å². The zero-order valence-electron chi connectivity index (χ0n) is 12.7. The highest BCUT2D eigenvalue weighted by molar-refractivity contribution is 5.50. The van der Waals surface area contributed by atoms with Gasteiger partial charge in [0, 0.05) is 19.7 Å². The van der Waals surface area contributed by atoms with E-state index in [2.05, 4.69) is 49.9 Å². The van der Waals surface area contributed by atoms with Gasteiger partial charge in [-0.3, -0.25) is 4.90 Å². The maximum Gasteiger partial charge on any atom is 0.185 e. The lowest BCUT2D eigenvalue weighted by atomic mass is 9.69. The Hall–Kier alpha value is -1.83. The molecule has 0 radical (unpaired) electrons. The smallest absolute Gasteiger partial charge is 0.185 e. The van der Waals surface area contributed by atoms with Crippen molar-refractivity contribution in [1.29, 1.82) is 5.26 Å². The zero-order valence-corrected chi connectivity index (χ0v) is 12.7. The topological polar surface area (TPSA) is 64.8 Å². The standard InChI is InChI=1S/C14H23N5/c1-13(2,3)14(4,5)8-16-11-7-12(18-10-17-11)19(6)9-15/h7,10H,8H2,1-6H3,(H,16,17,18). The highest BCUT2D eigenvalue weighted by atomic mass is 15.2. The van der Waals surface area contributed by atoms with Gasteiger partial charge in [0.25, 0.3) is 0 Å². The molecule has 1 N–H and O–H groups in total. The van der Waals surface area contributed by atoms with Crippen LogP contribution in [0.1, 0.15) is 34.6 Å². The Bertz CT molecular complexity index is 467. The monoisotopic (exact) mass is 261 g/mol. The average molecular weight is 261 g/mol. The number of hydrogen-bond donors (Lipinski definition) is 1. The van der Waals surface area contributed by atoms with Crippen molar-refractivity contribution in [2.24, 2.45) is 10.8 Å². The van der Waals surface area contributed by atoms with Gasteiger partial charge in [0.2, 0.25) is 0 Å². The molecule has 0 amide bonds. The Kier molecular flexibility index (Phi) is 4.35. The molecule has 5 heteroatoms. The van der Waals surface area contributed by atoms with Crippen LogP contribution in [-0.2, 0) is 0 Å². The number of aromatic nitrogens is 2. The van der Waals surface area contributed by atoms with E-state index >= 15 is 0 Å². The molecular formula is C14H23N5. The molecule has 0 fully saturated rings. The van der Waals surface area contributed by atoms with E-state index in [9.17, 15) is 0 Å². The number of nitrogens with zero attached hydrogens (tertiary/aromatic N) is 4. The largest absolute Gasteiger partial charge is 0.369 e. The summed E-state index contributed by atoms with van der Waals surface area (Å²) in [5.74, 6) is 1.33. The molecule has 5 nitrogen and oxygen atoms in total. The first kappa shape index (κ1) is 15.2. The summed E-state index contributed by atoms with van der Waals surface area (Å²) < 4.78 is 0. The molecule has 0 unspecified atom stereocenters. The van der Waals surface area contributed by atoms with Crippen LogP contribution in [0.25, 0.3) is 0 Å². The summed E-state index contributed by atoms with van der Waals surface area (Å²) in [5.41, 5.74) is 0.318. The predicted octanol–water partition coefficient (Wildman–Crippen LogP) is 2.88. The molecule has 104 valence electrons. The number of nitrogens with one attached hydrogen (secondary N) is 1. The Morgan fingerprint density at radius 2 is 1.89 bits per heavy atom. The third-order valence-corrected chi connectivity index (χ3v) is 3.89. The zero-order chi connectivity index (χ0) is 14.7. The van der Waals surface area contributed by atoms with Crippen LogP contribution in [0, 0.1) is 22.3 Å². The van der Waals surface area contributed by atoms with Gasteiger partial charge in [-0.25, -0.2) is 9.97 Å². The van der Waals surface area contributed by atoms with Gasteiger partial charge in [-0.05, 0) is 10.8 Å². The number of anilines is 2. The van der Waals surface area contributed by atoms with Crippen LogP contribution >= 0.6 is 0 Å². The van der Waals surface area contributed by atoms with Crippen LogP contribution in [0.3, 0.4) is 0 Å². The summed E-state index contributed by atoms with van der Waals surface area (Å²) in [6.07, 6.45) is 3.49. The lowest BCUT2D eigenvalue weighted by Crippen LogP contribution is -2.36. The average Bonchev–Trinajstić information content (AvgIpc) is 2.34. The second kappa shape index (κ2) is 5.43. The molecule has 19 heavy (non-hydrogen) atoms. The second-order valence-electron chi connectivity index (χ2n) is 6.41. The van der Waals surface area contributed by atoms with Gasteiger partial charge in [-0.2, -0.15) is 5.26 Å². The molecule has 1 heterocycles. The second-order valence-corrected chi connectivity index (χ2v) is 6.41. The van der Waals surface area contributed by atoms with E-state index in [1.54, 1.807) is 13.1 Å². The molecule has 0 saturated carbocycles. The van der Waals surface area contributed by atoms with E-state index in [-0.39, 0.29) is 10.8 Å². The Balaban J connectivity index is 2.77. The first-order valence-corrected chi connectivity index (χ1v) is 6.37. The van der Waals surface area contributed by atoms with Crippen LogP contribution in [0.2, 0.25) is 0 Å². The lowest BCUT2D eigenvalue weighted by Gasteiger charge is -2.39. The molecule has 0 bridgehead atoms. The summed E-state index contributed by atoms with van der Waals surface area (Å²) >= 11 is 0. The van der Waals surface area contributed by atoms with Crippen molar-refractivity contribution in [1.82, 2.24) is 9.97 Å². The SMILES string of the molecule is CN(C#N)c1cc(NCC(C)(C)C(C)(C)C)ncn1. The van der Waals surface area contributed by atoms with Gasteiger partial charge in [0.1, 0.15) is 18.0 Å². The molecular weight excluding hydrogens is 238 g/mol. The van der Waals surface area contributed by atoms with Crippen LogP contribution < -0.4 is 10.2 Å². The normalized spacial score (nSPS) is 11.8. The number of rotatable bonds is 4. The van der Waals surface area contributed by atoms with Crippen LogP contribution in [-0.4, -0.2) is 23.6 Å². The first-order valence-electron chi connectivity index (χ1n) is 6.37. The van der Waals surface area contributed by atoms with Crippen molar-refractivity contribution in [2.45, 2.75) is 34.6 Å². The van der Waals surface area contributed by atoms with E-state index < -0.39 is 0 Å². The summed E-state index contributed by atoms with van der Waals surface area (Å²) in [5, 5.41) is 12.2. The fraction of sp³-hybridized carbons (Fsp3) is 0.643. The predicted molar refractivity (Wildman–Crippen MR) is 77.8 cm³/mol. The van der Waals surface area contributed by atoms with E-state index in [0.717, 1.165) is 12.4 Å². The summed E-state index contributed by atoms with van der Waals surface area (Å²) in [4.78, 5) is 9.64. The highest BCUT2D eigenvalue weighted by Crippen LogP contribution is 2.37. The third kappa shape index (κ3) is 3.82. The van der Waals surface area contributed by atoms with E-state index in [1.165, 1.54) is 11.2 Å². The summed E-state index contributed by atoms with van der Waals surface area (Å²) in [6, 6.07) is 1.78. The molecule has 1 rings (SSSR count). The summed E-state index contributed by atoms with van der Waals surface area (Å²) in [7, 11) is 1.67. The minimum atomic E-state index is 0.124. The fourth-order valence-corrected chi connectivity index (χ4v) is 1.26. The van der Waals surface area contributed by atoms with Crippen molar-refractivity contribution < 1.29 is 0 Å². The number of nitriles is 1. The fourth-order valence-electron chi connectivity index (χ4n) is 1.26. The highest BCUT2D eigenvalue weighted by Gasteiger charge is 2.32. The van der Waals surface area contributed by atoms with E-state index in [0.29, 0.717) is 5.82 Å². The molecule has 0 saturated heterocycles. The molecule has 1 aromatic heterocycles. The molecule has 0 aliphatic rings. The van der Waals surface area contributed by atoms with Crippen molar-refractivity contribution in [3.63, 3.8) is 0 Å². The molecule has 0 aliphatic heterocycles.